The molecule has 5 rings (SSSR count). The van der Waals surface area contributed by atoms with Crippen molar-refractivity contribution in [2.24, 2.45) is 0 Å². The van der Waals surface area contributed by atoms with E-state index in [0.717, 1.165) is 27.6 Å². The highest BCUT2D eigenvalue weighted by atomic mass is 16.7. The Morgan fingerprint density at radius 3 is 1.61 bits per heavy atom. The van der Waals surface area contributed by atoms with E-state index in [2.05, 4.69) is 41.5 Å². The molecule has 1 N–H and O–H groups in total. The molecular weight excluding hydrogens is 448 g/mol. The van der Waals surface area contributed by atoms with Crippen molar-refractivity contribution in [3.63, 3.8) is 0 Å². The third kappa shape index (κ3) is 3.73. The number of fused-ring (bicyclic) bond motifs is 1. The van der Waals surface area contributed by atoms with Gasteiger partial charge in [0.15, 0.2) is 0 Å². The van der Waals surface area contributed by atoms with Gasteiger partial charge in [-0.25, -0.2) is 0 Å². The quantitative estimate of drug-likeness (QED) is 0.227. The first kappa shape index (κ1) is 23.9. The topological polar surface area (TPSA) is 56.5 Å². The summed E-state index contributed by atoms with van der Waals surface area (Å²) in [6.45, 7) is 0.170. The van der Waals surface area contributed by atoms with Crippen LogP contribution in [0.1, 0.15) is 16.7 Å². The molecule has 1 atom stereocenters. The number of methoxy groups -OCH3 is 2. The van der Waals surface area contributed by atoms with Gasteiger partial charge in [-0.1, -0.05) is 109 Å². The smallest absolute Gasteiger partial charge is 0.214 e. The molecule has 0 saturated heterocycles. The Hall–Kier alpha value is -3.77. The largest absolute Gasteiger partial charge is 0.385 e. The fourth-order valence-electron chi connectivity index (χ4n) is 5.53. The summed E-state index contributed by atoms with van der Waals surface area (Å²) in [4.78, 5) is 0. The fourth-order valence-corrected chi connectivity index (χ4v) is 5.53. The van der Waals surface area contributed by atoms with Gasteiger partial charge in [0.25, 0.3) is 0 Å². The molecule has 0 radical (unpaired) electrons. The number of ether oxygens (including phenoxy) is 2. The number of hydrogen-bond acceptors (Lipinski definition) is 4. The van der Waals surface area contributed by atoms with Crippen LogP contribution in [0.25, 0.3) is 10.9 Å². The summed E-state index contributed by atoms with van der Waals surface area (Å²) < 4.78 is 14.5. The molecule has 0 aliphatic heterocycles. The number of aliphatic hydroxyl groups is 1. The van der Waals surface area contributed by atoms with Crippen molar-refractivity contribution in [2.75, 3.05) is 14.2 Å². The first-order valence-electron chi connectivity index (χ1n) is 12.0. The lowest BCUT2D eigenvalue weighted by Crippen LogP contribution is -2.63. The second kappa shape index (κ2) is 10.1. The summed E-state index contributed by atoms with van der Waals surface area (Å²) in [5, 5.41) is 17.7. The maximum Gasteiger partial charge on any atom is 0.214 e. The molecule has 36 heavy (non-hydrogen) atoms. The van der Waals surface area contributed by atoms with Gasteiger partial charge in [0, 0.05) is 19.6 Å². The number of aromatic nitrogens is 2. The summed E-state index contributed by atoms with van der Waals surface area (Å²) in [5.41, 5.74) is 2.74. The van der Waals surface area contributed by atoms with Crippen LogP contribution in [-0.2, 0) is 21.4 Å². The lowest BCUT2D eigenvalue weighted by Gasteiger charge is -2.51. The van der Waals surface area contributed by atoms with E-state index in [1.165, 1.54) is 0 Å². The van der Waals surface area contributed by atoms with Crippen LogP contribution < -0.4 is 0 Å². The minimum absolute atomic E-state index is 0.170. The van der Waals surface area contributed by atoms with Crippen LogP contribution in [-0.4, -0.2) is 41.0 Å². The first-order valence-corrected chi connectivity index (χ1v) is 12.0. The molecule has 0 spiro atoms. The van der Waals surface area contributed by atoms with Crippen molar-refractivity contribution in [2.45, 2.75) is 23.9 Å². The van der Waals surface area contributed by atoms with Crippen molar-refractivity contribution in [1.82, 2.24) is 9.78 Å². The number of benzene rings is 4. The average Bonchev–Trinajstić information content (AvgIpc) is 3.36. The number of hydrogen-bond donors (Lipinski definition) is 1. The number of aliphatic hydroxyl groups excluding tert-OH is 1. The lowest BCUT2D eigenvalue weighted by atomic mass is 9.62. The molecule has 1 unspecified atom stereocenters. The Bertz CT molecular complexity index is 1300. The van der Waals surface area contributed by atoms with Gasteiger partial charge in [0.05, 0.1) is 18.3 Å². The molecule has 5 nitrogen and oxygen atoms in total. The van der Waals surface area contributed by atoms with Crippen LogP contribution >= 0.6 is 0 Å². The number of rotatable bonds is 9. The second-order valence-electron chi connectivity index (χ2n) is 8.83. The molecule has 0 aliphatic rings. The molecule has 1 heterocycles. The molecule has 5 heteroatoms. The summed E-state index contributed by atoms with van der Waals surface area (Å²) in [6, 6.07) is 38.2. The van der Waals surface area contributed by atoms with Crippen LogP contribution in [0.3, 0.4) is 0 Å². The van der Waals surface area contributed by atoms with Crippen molar-refractivity contribution in [3.05, 3.63) is 138 Å². The van der Waals surface area contributed by atoms with Crippen molar-refractivity contribution in [1.29, 1.82) is 0 Å². The van der Waals surface area contributed by atoms with Gasteiger partial charge >= 0.3 is 0 Å². The van der Waals surface area contributed by atoms with Gasteiger partial charge < -0.3 is 14.6 Å². The Kier molecular flexibility index (Phi) is 6.70. The highest BCUT2D eigenvalue weighted by Gasteiger charge is 2.60. The number of nitrogens with zero attached hydrogens (tertiary/aromatic N) is 2. The van der Waals surface area contributed by atoms with Crippen molar-refractivity contribution >= 4 is 10.9 Å². The van der Waals surface area contributed by atoms with Crippen LogP contribution in [0.15, 0.2) is 121 Å². The Labute approximate surface area is 211 Å². The van der Waals surface area contributed by atoms with Crippen LogP contribution in [0.2, 0.25) is 0 Å². The van der Waals surface area contributed by atoms with E-state index in [1.807, 2.05) is 85.1 Å². The molecule has 1 aromatic heterocycles. The van der Waals surface area contributed by atoms with Crippen LogP contribution in [0, 0.1) is 0 Å². The van der Waals surface area contributed by atoms with E-state index in [0.29, 0.717) is 0 Å². The first-order chi connectivity index (χ1) is 17.7. The standard InChI is InChI=1S/C31H30N2O3/c1-35-31(36-2,29(34)23-33-28-21-13-12-14-24(28)22-32-33)30(25-15-6-3-7-16-25,26-17-8-4-9-18-26)27-19-10-5-11-20-27/h3-22,29,34H,23H2,1-2H3. The van der Waals surface area contributed by atoms with Gasteiger partial charge in [-0.15, -0.1) is 0 Å². The van der Waals surface area contributed by atoms with Gasteiger partial charge in [-0.2, -0.15) is 5.10 Å². The summed E-state index contributed by atoms with van der Waals surface area (Å²) in [7, 11) is 3.19. The predicted octanol–water partition coefficient (Wildman–Crippen LogP) is 5.42. The van der Waals surface area contributed by atoms with E-state index in [1.54, 1.807) is 18.9 Å². The van der Waals surface area contributed by atoms with E-state index in [-0.39, 0.29) is 6.54 Å². The molecule has 0 amide bonds. The lowest BCUT2D eigenvalue weighted by molar-refractivity contribution is -0.286. The van der Waals surface area contributed by atoms with Gasteiger partial charge in [0.2, 0.25) is 5.79 Å². The molecule has 0 fully saturated rings. The van der Waals surface area contributed by atoms with E-state index >= 15 is 0 Å². The third-order valence-electron chi connectivity index (χ3n) is 7.09. The van der Waals surface area contributed by atoms with Gasteiger partial charge in [-0.3, -0.25) is 4.68 Å². The van der Waals surface area contributed by atoms with E-state index < -0.39 is 17.3 Å². The predicted molar refractivity (Wildman–Crippen MR) is 142 cm³/mol. The molecule has 0 saturated carbocycles. The Morgan fingerprint density at radius 2 is 1.14 bits per heavy atom. The third-order valence-corrected chi connectivity index (χ3v) is 7.09. The monoisotopic (exact) mass is 478 g/mol. The zero-order valence-corrected chi connectivity index (χ0v) is 20.5. The van der Waals surface area contributed by atoms with Crippen LogP contribution in [0.5, 0.6) is 0 Å². The van der Waals surface area contributed by atoms with E-state index in [9.17, 15) is 5.11 Å². The minimum Gasteiger partial charge on any atom is -0.385 e. The molecule has 0 bridgehead atoms. The highest BCUT2D eigenvalue weighted by molar-refractivity contribution is 5.78. The summed E-state index contributed by atoms with van der Waals surface area (Å²) >= 11 is 0. The highest BCUT2D eigenvalue weighted by Crippen LogP contribution is 2.51. The average molecular weight is 479 g/mol. The minimum atomic E-state index is -1.51. The SMILES string of the molecule is COC(OC)(C(O)Cn1ncc2ccccc21)C(c1ccccc1)(c1ccccc1)c1ccccc1. The summed E-state index contributed by atoms with van der Waals surface area (Å²) in [6.07, 6.45) is 0.707. The summed E-state index contributed by atoms with van der Waals surface area (Å²) in [5.74, 6) is -1.51. The molecule has 4 aromatic carbocycles. The number of para-hydroxylation sites is 1. The van der Waals surface area contributed by atoms with Crippen molar-refractivity contribution in [3.8, 4) is 0 Å². The van der Waals surface area contributed by atoms with Gasteiger partial charge in [0.1, 0.15) is 11.5 Å². The zero-order valence-electron chi connectivity index (χ0n) is 20.5. The molecule has 5 aromatic rings. The molecular formula is C31H30N2O3. The van der Waals surface area contributed by atoms with Crippen molar-refractivity contribution < 1.29 is 14.6 Å². The second-order valence-corrected chi connectivity index (χ2v) is 8.83. The maximum atomic E-state index is 12.1. The molecule has 0 aliphatic carbocycles. The zero-order chi connectivity index (χ0) is 25.0. The Balaban J connectivity index is 1.79. The molecule has 182 valence electrons. The maximum absolute atomic E-state index is 12.1. The van der Waals surface area contributed by atoms with E-state index in [4.69, 9.17) is 9.47 Å². The fraction of sp³-hybridized carbons (Fsp3) is 0.194. The normalized spacial score (nSPS) is 13.1. The van der Waals surface area contributed by atoms with Crippen LogP contribution in [0.4, 0.5) is 0 Å². The Morgan fingerprint density at radius 1 is 0.694 bits per heavy atom. The van der Waals surface area contributed by atoms with Gasteiger partial charge in [-0.05, 0) is 22.8 Å².